The molecule has 0 bridgehead atoms. The first-order chi connectivity index (χ1) is 8.19. The van der Waals surface area contributed by atoms with Crippen molar-refractivity contribution in [3.8, 4) is 5.75 Å². The van der Waals surface area contributed by atoms with Gasteiger partial charge in [-0.15, -0.1) is 0 Å². The molecule has 0 amide bonds. The van der Waals surface area contributed by atoms with Gasteiger partial charge in [-0.3, -0.25) is 4.68 Å². The van der Waals surface area contributed by atoms with Crippen LogP contribution in [0.25, 0.3) is 0 Å². The molecule has 0 saturated heterocycles. The standard InChI is InChI=1S/C12H14BrN3O/c1-16-5-4-11(15-16)8-17-12-3-2-10(13)6-9(12)7-14/h2-6H,7-8,14H2,1H3. The van der Waals surface area contributed by atoms with Gasteiger partial charge in [0.15, 0.2) is 0 Å². The second kappa shape index (κ2) is 5.33. The topological polar surface area (TPSA) is 53.1 Å². The summed E-state index contributed by atoms with van der Waals surface area (Å²) in [7, 11) is 1.88. The summed E-state index contributed by atoms with van der Waals surface area (Å²) in [4.78, 5) is 0. The Morgan fingerprint density at radius 1 is 1.41 bits per heavy atom. The van der Waals surface area contributed by atoms with E-state index >= 15 is 0 Å². The average molecular weight is 296 g/mol. The molecule has 1 heterocycles. The van der Waals surface area contributed by atoms with E-state index in [-0.39, 0.29) is 0 Å². The molecule has 5 heteroatoms. The van der Waals surface area contributed by atoms with Gasteiger partial charge >= 0.3 is 0 Å². The van der Waals surface area contributed by atoms with Gasteiger partial charge in [0.2, 0.25) is 0 Å². The van der Waals surface area contributed by atoms with Gasteiger partial charge in [-0.25, -0.2) is 0 Å². The van der Waals surface area contributed by atoms with E-state index < -0.39 is 0 Å². The first-order valence-electron chi connectivity index (χ1n) is 5.29. The van der Waals surface area contributed by atoms with Crippen LogP contribution in [0, 0.1) is 0 Å². The molecule has 0 aliphatic rings. The number of benzene rings is 1. The minimum Gasteiger partial charge on any atom is -0.487 e. The van der Waals surface area contributed by atoms with Gasteiger partial charge in [0.25, 0.3) is 0 Å². The molecule has 0 aliphatic carbocycles. The van der Waals surface area contributed by atoms with E-state index in [1.165, 1.54) is 0 Å². The highest BCUT2D eigenvalue weighted by atomic mass is 79.9. The molecule has 0 aliphatic heterocycles. The van der Waals surface area contributed by atoms with Crippen molar-refractivity contribution in [2.24, 2.45) is 12.8 Å². The highest BCUT2D eigenvalue weighted by molar-refractivity contribution is 9.10. The summed E-state index contributed by atoms with van der Waals surface area (Å²) < 4.78 is 8.46. The predicted octanol–water partition coefficient (Wildman–Crippen LogP) is 2.22. The van der Waals surface area contributed by atoms with Crippen LogP contribution in [0.2, 0.25) is 0 Å². The molecular weight excluding hydrogens is 282 g/mol. The van der Waals surface area contributed by atoms with E-state index in [2.05, 4.69) is 21.0 Å². The second-order valence-corrected chi connectivity index (χ2v) is 4.64. The third-order valence-electron chi connectivity index (χ3n) is 2.39. The minimum atomic E-state index is 0.454. The lowest BCUT2D eigenvalue weighted by Gasteiger charge is -2.09. The lowest BCUT2D eigenvalue weighted by Crippen LogP contribution is -2.03. The fraction of sp³-hybridized carbons (Fsp3) is 0.250. The zero-order valence-electron chi connectivity index (χ0n) is 9.56. The van der Waals surface area contributed by atoms with Crippen LogP contribution in [0.5, 0.6) is 5.75 Å². The molecule has 4 nitrogen and oxygen atoms in total. The van der Waals surface area contributed by atoms with Crippen molar-refractivity contribution in [2.75, 3.05) is 0 Å². The number of hydrogen-bond acceptors (Lipinski definition) is 3. The van der Waals surface area contributed by atoms with Crippen LogP contribution >= 0.6 is 15.9 Å². The number of aromatic nitrogens is 2. The molecule has 0 saturated carbocycles. The van der Waals surface area contributed by atoms with E-state index in [1.807, 2.05) is 37.5 Å². The molecule has 1 aromatic carbocycles. The van der Waals surface area contributed by atoms with Gasteiger partial charge < -0.3 is 10.5 Å². The summed E-state index contributed by atoms with van der Waals surface area (Å²) in [6.45, 7) is 0.909. The summed E-state index contributed by atoms with van der Waals surface area (Å²) in [6, 6.07) is 7.75. The van der Waals surface area contributed by atoms with Crippen LogP contribution in [-0.2, 0) is 20.2 Å². The maximum Gasteiger partial charge on any atom is 0.132 e. The van der Waals surface area contributed by atoms with Crippen molar-refractivity contribution in [3.63, 3.8) is 0 Å². The van der Waals surface area contributed by atoms with Gasteiger partial charge in [0.05, 0.1) is 5.69 Å². The first-order valence-corrected chi connectivity index (χ1v) is 6.08. The molecule has 0 radical (unpaired) electrons. The van der Waals surface area contributed by atoms with Gasteiger partial charge in [-0.05, 0) is 24.3 Å². The van der Waals surface area contributed by atoms with Crippen LogP contribution in [0.15, 0.2) is 34.9 Å². The van der Waals surface area contributed by atoms with E-state index in [9.17, 15) is 0 Å². The highest BCUT2D eigenvalue weighted by Crippen LogP contribution is 2.23. The summed E-state index contributed by atoms with van der Waals surface area (Å²) >= 11 is 3.41. The summed E-state index contributed by atoms with van der Waals surface area (Å²) in [5.74, 6) is 0.807. The Kier molecular flexibility index (Phi) is 3.81. The Morgan fingerprint density at radius 2 is 2.24 bits per heavy atom. The van der Waals surface area contributed by atoms with E-state index in [0.717, 1.165) is 21.5 Å². The molecular formula is C12H14BrN3O. The number of nitrogens with zero attached hydrogens (tertiary/aromatic N) is 2. The molecule has 17 heavy (non-hydrogen) atoms. The van der Waals surface area contributed by atoms with Gasteiger partial charge in [0, 0.05) is 29.8 Å². The summed E-state index contributed by atoms with van der Waals surface area (Å²) in [5.41, 5.74) is 7.56. The van der Waals surface area contributed by atoms with Gasteiger partial charge in [-0.1, -0.05) is 15.9 Å². The third kappa shape index (κ3) is 3.08. The highest BCUT2D eigenvalue weighted by Gasteiger charge is 2.04. The van der Waals surface area contributed by atoms with Crippen LogP contribution < -0.4 is 10.5 Å². The smallest absolute Gasteiger partial charge is 0.132 e. The van der Waals surface area contributed by atoms with Crippen LogP contribution in [0.4, 0.5) is 0 Å². The van der Waals surface area contributed by atoms with Gasteiger partial charge in [-0.2, -0.15) is 5.10 Å². The minimum absolute atomic E-state index is 0.454. The Morgan fingerprint density at radius 3 is 2.88 bits per heavy atom. The zero-order valence-corrected chi connectivity index (χ0v) is 11.1. The molecule has 2 N–H and O–H groups in total. The van der Waals surface area contributed by atoms with Crippen molar-refractivity contribution < 1.29 is 4.74 Å². The fourth-order valence-corrected chi connectivity index (χ4v) is 1.95. The van der Waals surface area contributed by atoms with Crippen molar-refractivity contribution in [1.29, 1.82) is 0 Å². The predicted molar refractivity (Wildman–Crippen MR) is 69.6 cm³/mol. The van der Waals surface area contributed by atoms with Crippen molar-refractivity contribution >= 4 is 15.9 Å². The van der Waals surface area contributed by atoms with E-state index in [4.69, 9.17) is 10.5 Å². The second-order valence-electron chi connectivity index (χ2n) is 3.73. The Balaban J connectivity index is 2.08. The number of aryl methyl sites for hydroxylation is 1. The average Bonchev–Trinajstić information content (AvgIpc) is 2.73. The third-order valence-corrected chi connectivity index (χ3v) is 2.88. The van der Waals surface area contributed by atoms with Crippen LogP contribution in [0.1, 0.15) is 11.3 Å². The number of ether oxygens (including phenoxy) is 1. The number of rotatable bonds is 4. The largest absolute Gasteiger partial charge is 0.487 e. The molecule has 90 valence electrons. The molecule has 1 aromatic heterocycles. The van der Waals surface area contributed by atoms with Gasteiger partial charge in [0.1, 0.15) is 12.4 Å². The lowest BCUT2D eigenvalue weighted by molar-refractivity contribution is 0.297. The zero-order chi connectivity index (χ0) is 12.3. The van der Waals surface area contributed by atoms with Crippen LogP contribution in [0.3, 0.4) is 0 Å². The maximum atomic E-state index is 5.71. The van der Waals surface area contributed by atoms with E-state index in [0.29, 0.717) is 13.2 Å². The molecule has 0 fully saturated rings. The quantitative estimate of drug-likeness (QED) is 0.941. The van der Waals surface area contributed by atoms with E-state index in [1.54, 1.807) is 4.68 Å². The first kappa shape index (κ1) is 12.1. The number of hydrogen-bond donors (Lipinski definition) is 1. The Hall–Kier alpha value is -1.33. The molecule has 2 aromatic rings. The molecule has 0 unspecified atom stereocenters. The number of nitrogens with two attached hydrogens (primary N) is 1. The molecule has 0 spiro atoms. The Labute approximate surface area is 109 Å². The van der Waals surface area contributed by atoms with Crippen molar-refractivity contribution in [3.05, 3.63) is 46.2 Å². The fourth-order valence-electron chi connectivity index (χ4n) is 1.54. The van der Waals surface area contributed by atoms with Crippen molar-refractivity contribution in [1.82, 2.24) is 9.78 Å². The lowest BCUT2D eigenvalue weighted by atomic mass is 10.2. The normalized spacial score (nSPS) is 10.5. The molecule has 2 rings (SSSR count). The van der Waals surface area contributed by atoms with Crippen molar-refractivity contribution in [2.45, 2.75) is 13.2 Å². The maximum absolute atomic E-state index is 5.71. The monoisotopic (exact) mass is 295 g/mol. The SMILES string of the molecule is Cn1ccc(COc2ccc(Br)cc2CN)n1. The van der Waals surface area contributed by atoms with Crippen LogP contribution in [-0.4, -0.2) is 9.78 Å². The molecule has 0 atom stereocenters. The Bertz CT molecular complexity index is 510. The summed E-state index contributed by atoms with van der Waals surface area (Å²) in [5, 5.41) is 4.25. The summed E-state index contributed by atoms with van der Waals surface area (Å²) in [6.07, 6.45) is 1.89. The number of halogens is 1.